The molecule has 1 aromatic rings. The second-order valence-electron chi connectivity index (χ2n) is 7.23. The van der Waals surface area contributed by atoms with Crippen molar-refractivity contribution in [2.75, 3.05) is 0 Å². The Morgan fingerprint density at radius 3 is 2.05 bits per heavy atom. The number of Topliss-reactive ketones (excluding diaryl/α,β-unsaturated/α-hetero) is 1. The van der Waals surface area contributed by atoms with Gasteiger partial charge in [0, 0.05) is 11.5 Å². The van der Waals surface area contributed by atoms with Gasteiger partial charge >= 0.3 is 0 Å². The van der Waals surface area contributed by atoms with Gasteiger partial charge in [-0.05, 0) is 68.4 Å². The Morgan fingerprint density at radius 1 is 1.00 bits per heavy atom. The van der Waals surface area contributed by atoms with Gasteiger partial charge < -0.3 is 10.2 Å². The highest BCUT2D eigenvalue weighted by molar-refractivity contribution is 6.03. The summed E-state index contributed by atoms with van der Waals surface area (Å²) in [7, 11) is 0. The highest BCUT2D eigenvalue weighted by Gasteiger charge is 2.54. The molecule has 4 aliphatic rings. The normalized spacial score (nSPS) is 38.1. The van der Waals surface area contributed by atoms with Gasteiger partial charge in [-0.15, -0.1) is 0 Å². The number of rotatable bonds is 2. The highest BCUT2D eigenvalue weighted by atomic mass is 16.3. The van der Waals surface area contributed by atoms with Crippen molar-refractivity contribution in [1.82, 2.24) is 0 Å². The van der Waals surface area contributed by atoms with Crippen LogP contribution in [0, 0.1) is 23.2 Å². The predicted molar refractivity (Wildman–Crippen MR) is 74.7 cm³/mol. The molecule has 4 bridgehead atoms. The van der Waals surface area contributed by atoms with Crippen LogP contribution in [0.25, 0.3) is 0 Å². The Kier molecular flexibility index (Phi) is 2.45. The third kappa shape index (κ3) is 1.68. The maximum Gasteiger partial charge on any atom is 0.172 e. The summed E-state index contributed by atoms with van der Waals surface area (Å²) in [4.78, 5) is 13.0. The fraction of sp³-hybridized carbons (Fsp3) is 0.588. The van der Waals surface area contributed by atoms with Crippen LogP contribution >= 0.6 is 0 Å². The molecule has 4 fully saturated rings. The zero-order valence-corrected chi connectivity index (χ0v) is 11.5. The van der Waals surface area contributed by atoms with E-state index in [1.54, 1.807) is 6.07 Å². The molecule has 4 aliphatic carbocycles. The third-order valence-electron chi connectivity index (χ3n) is 5.75. The van der Waals surface area contributed by atoms with Crippen LogP contribution in [0.4, 0.5) is 0 Å². The van der Waals surface area contributed by atoms with Crippen LogP contribution in [0.2, 0.25) is 0 Å². The molecule has 0 aromatic heterocycles. The largest absolute Gasteiger partial charge is 0.508 e. The molecule has 1 aromatic carbocycles. The van der Waals surface area contributed by atoms with Crippen molar-refractivity contribution in [2.24, 2.45) is 23.2 Å². The van der Waals surface area contributed by atoms with E-state index in [4.69, 9.17) is 0 Å². The molecule has 106 valence electrons. The van der Waals surface area contributed by atoms with E-state index < -0.39 is 0 Å². The molecular weight excluding hydrogens is 252 g/mol. The molecule has 20 heavy (non-hydrogen) atoms. The summed E-state index contributed by atoms with van der Waals surface area (Å²) in [6.07, 6.45) is 6.89. The van der Waals surface area contributed by atoms with E-state index in [-0.39, 0.29) is 22.7 Å². The Hall–Kier alpha value is -1.51. The van der Waals surface area contributed by atoms with E-state index in [2.05, 4.69) is 0 Å². The molecule has 0 heterocycles. The third-order valence-corrected chi connectivity index (χ3v) is 5.75. The molecule has 0 saturated heterocycles. The second-order valence-corrected chi connectivity index (χ2v) is 7.23. The molecule has 0 unspecified atom stereocenters. The van der Waals surface area contributed by atoms with E-state index in [0.717, 1.165) is 19.3 Å². The van der Waals surface area contributed by atoms with Crippen molar-refractivity contribution in [3.63, 3.8) is 0 Å². The van der Waals surface area contributed by atoms with Gasteiger partial charge in [0.2, 0.25) is 0 Å². The summed E-state index contributed by atoms with van der Waals surface area (Å²) >= 11 is 0. The molecule has 5 rings (SSSR count). The molecule has 0 radical (unpaired) electrons. The average molecular weight is 272 g/mol. The standard InChI is InChI=1S/C17H20O3/c18-13-1-2-14(15(19)6-13)16(20)17-7-10-3-11(8-17)5-12(4-10)9-17/h1-2,6,10-12,18-19H,3-5,7-9H2. The molecule has 0 aliphatic heterocycles. The Labute approximate surface area is 118 Å². The predicted octanol–water partition coefficient (Wildman–Crippen LogP) is 3.50. The number of phenolic OH excluding ortho intramolecular Hbond substituents is 2. The molecule has 3 nitrogen and oxygen atoms in total. The average Bonchev–Trinajstić information content (AvgIpc) is 2.36. The van der Waals surface area contributed by atoms with Crippen molar-refractivity contribution >= 4 is 5.78 Å². The van der Waals surface area contributed by atoms with Crippen LogP contribution in [-0.2, 0) is 0 Å². The Morgan fingerprint density at radius 2 is 1.55 bits per heavy atom. The topological polar surface area (TPSA) is 57.5 Å². The van der Waals surface area contributed by atoms with Gasteiger partial charge in [0.15, 0.2) is 5.78 Å². The SMILES string of the molecule is O=C(c1ccc(O)cc1O)C12CC3CC(CC(C3)C1)C2. The summed E-state index contributed by atoms with van der Waals surface area (Å²) < 4.78 is 0. The van der Waals surface area contributed by atoms with Crippen molar-refractivity contribution in [2.45, 2.75) is 38.5 Å². The van der Waals surface area contributed by atoms with Crippen LogP contribution in [0.5, 0.6) is 11.5 Å². The summed E-state index contributed by atoms with van der Waals surface area (Å²) in [5.74, 6) is 2.17. The number of hydrogen-bond acceptors (Lipinski definition) is 3. The number of phenols is 2. The summed E-state index contributed by atoms with van der Waals surface area (Å²) in [6.45, 7) is 0. The number of ketones is 1. The van der Waals surface area contributed by atoms with Crippen molar-refractivity contribution < 1.29 is 15.0 Å². The molecule has 0 atom stereocenters. The highest BCUT2D eigenvalue weighted by Crippen LogP contribution is 2.61. The van der Waals surface area contributed by atoms with Crippen LogP contribution < -0.4 is 0 Å². The first kappa shape index (κ1) is 12.2. The van der Waals surface area contributed by atoms with Gasteiger partial charge in [0.1, 0.15) is 11.5 Å². The number of carbonyl (C=O) groups excluding carboxylic acids is 1. The maximum atomic E-state index is 13.0. The number of hydrogen-bond donors (Lipinski definition) is 2. The lowest BCUT2D eigenvalue weighted by Crippen LogP contribution is -2.50. The van der Waals surface area contributed by atoms with Crippen LogP contribution in [0.1, 0.15) is 48.9 Å². The summed E-state index contributed by atoms with van der Waals surface area (Å²) in [6, 6.07) is 4.34. The second kappa shape index (κ2) is 4.00. The fourth-order valence-corrected chi connectivity index (χ4v) is 5.39. The number of carbonyl (C=O) groups is 1. The molecule has 4 saturated carbocycles. The maximum absolute atomic E-state index is 13.0. The first-order chi connectivity index (χ1) is 9.56. The summed E-state index contributed by atoms with van der Waals surface area (Å²) in [5.41, 5.74) is 0.160. The molecule has 2 N–H and O–H groups in total. The number of benzene rings is 1. The van der Waals surface area contributed by atoms with Gasteiger partial charge in [-0.25, -0.2) is 0 Å². The zero-order chi connectivity index (χ0) is 13.9. The quantitative estimate of drug-likeness (QED) is 0.810. The molecule has 3 heteroatoms. The smallest absolute Gasteiger partial charge is 0.172 e. The fourth-order valence-electron chi connectivity index (χ4n) is 5.39. The molecule has 0 amide bonds. The van der Waals surface area contributed by atoms with Crippen LogP contribution in [0.15, 0.2) is 18.2 Å². The first-order valence-corrected chi connectivity index (χ1v) is 7.62. The Balaban J connectivity index is 1.71. The zero-order valence-electron chi connectivity index (χ0n) is 11.5. The van der Waals surface area contributed by atoms with Crippen molar-refractivity contribution in [3.8, 4) is 11.5 Å². The van der Waals surface area contributed by atoms with Crippen molar-refractivity contribution in [1.29, 1.82) is 0 Å². The van der Waals surface area contributed by atoms with Gasteiger partial charge in [-0.1, -0.05) is 0 Å². The lowest BCUT2D eigenvalue weighted by molar-refractivity contribution is -0.0354. The first-order valence-electron chi connectivity index (χ1n) is 7.62. The minimum atomic E-state index is -0.233. The van der Waals surface area contributed by atoms with Gasteiger partial charge in [0.05, 0.1) is 5.56 Å². The van der Waals surface area contributed by atoms with Crippen LogP contribution in [-0.4, -0.2) is 16.0 Å². The van der Waals surface area contributed by atoms with Crippen molar-refractivity contribution in [3.05, 3.63) is 23.8 Å². The minimum Gasteiger partial charge on any atom is -0.508 e. The monoisotopic (exact) mass is 272 g/mol. The molecule has 0 spiro atoms. The molecular formula is C17H20O3. The van der Waals surface area contributed by atoms with E-state index in [9.17, 15) is 15.0 Å². The van der Waals surface area contributed by atoms with E-state index in [1.165, 1.54) is 31.4 Å². The minimum absolute atomic E-state index is 0.00422. The number of aromatic hydroxyl groups is 2. The summed E-state index contributed by atoms with van der Waals surface area (Å²) in [5, 5.41) is 19.4. The van der Waals surface area contributed by atoms with E-state index in [1.807, 2.05) is 0 Å². The van der Waals surface area contributed by atoms with Gasteiger partial charge in [0.25, 0.3) is 0 Å². The Bertz CT molecular complexity index is 540. The van der Waals surface area contributed by atoms with Gasteiger partial charge in [-0.2, -0.15) is 0 Å². The lowest BCUT2D eigenvalue weighted by Gasteiger charge is -2.55. The van der Waals surface area contributed by atoms with E-state index in [0.29, 0.717) is 23.3 Å². The van der Waals surface area contributed by atoms with Gasteiger partial charge in [-0.3, -0.25) is 4.79 Å². The lowest BCUT2D eigenvalue weighted by atomic mass is 9.48. The van der Waals surface area contributed by atoms with Crippen LogP contribution in [0.3, 0.4) is 0 Å². The van der Waals surface area contributed by atoms with E-state index >= 15 is 0 Å².